The second-order valence-electron chi connectivity index (χ2n) is 4.03. The fraction of sp³-hybridized carbons (Fsp3) is 0.545. The zero-order valence-electron chi connectivity index (χ0n) is 9.41. The summed E-state index contributed by atoms with van der Waals surface area (Å²) in [5, 5.41) is 2.84. The van der Waals surface area contributed by atoms with Gasteiger partial charge in [0, 0.05) is 17.5 Å². The number of carbonyl (C=O) groups is 1. The lowest BCUT2D eigenvalue weighted by Crippen LogP contribution is -2.40. The monoisotopic (exact) mass is 226 g/mol. The van der Waals surface area contributed by atoms with Crippen molar-refractivity contribution in [2.24, 2.45) is 11.7 Å². The molecule has 0 fully saturated rings. The van der Waals surface area contributed by atoms with Crippen LogP contribution in [-0.4, -0.2) is 18.5 Å². The lowest BCUT2D eigenvalue weighted by molar-refractivity contribution is 0.0953. The summed E-state index contributed by atoms with van der Waals surface area (Å²) in [6.07, 6.45) is 0. The van der Waals surface area contributed by atoms with Gasteiger partial charge in [0.05, 0.1) is 4.88 Å². The van der Waals surface area contributed by atoms with Crippen molar-refractivity contribution in [1.29, 1.82) is 0 Å². The maximum Gasteiger partial charge on any atom is 0.261 e. The van der Waals surface area contributed by atoms with Gasteiger partial charge in [-0.15, -0.1) is 11.3 Å². The number of aryl methyl sites for hydroxylation is 1. The van der Waals surface area contributed by atoms with Crippen LogP contribution in [0.2, 0.25) is 0 Å². The molecule has 3 nitrogen and oxygen atoms in total. The molecule has 0 aromatic carbocycles. The van der Waals surface area contributed by atoms with E-state index in [1.54, 1.807) is 0 Å². The minimum atomic E-state index is -0.0239. The Bertz CT molecular complexity index is 333. The van der Waals surface area contributed by atoms with E-state index in [0.717, 1.165) is 9.75 Å². The predicted molar refractivity (Wildman–Crippen MR) is 64.2 cm³/mol. The standard InChI is InChI=1S/C11H18N2OS/c1-7(2)9(12)6-13-11(14)10-5-4-8(3)15-10/h4-5,7,9H,6,12H2,1-3H3,(H,13,14). The molecule has 0 spiro atoms. The molecule has 15 heavy (non-hydrogen) atoms. The van der Waals surface area contributed by atoms with Crippen molar-refractivity contribution < 1.29 is 4.79 Å². The quantitative estimate of drug-likeness (QED) is 0.822. The summed E-state index contributed by atoms with van der Waals surface area (Å²) in [5.74, 6) is 0.361. The van der Waals surface area contributed by atoms with Crippen LogP contribution in [-0.2, 0) is 0 Å². The Hall–Kier alpha value is -0.870. The van der Waals surface area contributed by atoms with E-state index in [9.17, 15) is 4.79 Å². The molecule has 0 aliphatic heterocycles. The number of amides is 1. The molecule has 1 atom stereocenters. The Morgan fingerprint density at radius 1 is 1.53 bits per heavy atom. The van der Waals surface area contributed by atoms with Crippen molar-refractivity contribution in [2.45, 2.75) is 26.8 Å². The molecule has 0 saturated heterocycles. The van der Waals surface area contributed by atoms with Gasteiger partial charge in [0.2, 0.25) is 0 Å². The summed E-state index contributed by atoms with van der Waals surface area (Å²) in [6, 6.07) is 3.81. The van der Waals surface area contributed by atoms with E-state index in [0.29, 0.717) is 12.5 Å². The van der Waals surface area contributed by atoms with E-state index >= 15 is 0 Å². The normalized spacial score (nSPS) is 12.9. The van der Waals surface area contributed by atoms with Crippen LogP contribution < -0.4 is 11.1 Å². The number of carbonyl (C=O) groups excluding carboxylic acids is 1. The number of thiophene rings is 1. The maximum atomic E-state index is 11.6. The van der Waals surface area contributed by atoms with Crippen LogP contribution in [0.1, 0.15) is 28.4 Å². The highest BCUT2D eigenvalue weighted by atomic mass is 32.1. The van der Waals surface area contributed by atoms with Gasteiger partial charge < -0.3 is 11.1 Å². The van der Waals surface area contributed by atoms with Gasteiger partial charge in [-0.25, -0.2) is 0 Å². The zero-order valence-corrected chi connectivity index (χ0v) is 10.2. The molecule has 84 valence electrons. The van der Waals surface area contributed by atoms with Crippen LogP contribution in [0.4, 0.5) is 0 Å². The fourth-order valence-corrected chi connectivity index (χ4v) is 1.87. The van der Waals surface area contributed by atoms with Crippen molar-refractivity contribution in [2.75, 3.05) is 6.54 Å². The van der Waals surface area contributed by atoms with Crippen molar-refractivity contribution in [3.63, 3.8) is 0 Å². The second kappa shape index (κ2) is 5.28. The van der Waals surface area contributed by atoms with Crippen LogP contribution >= 0.6 is 11.3 Å². The molecule has 0 aliphatic carbocycles. The minimum Gasteiger partial charge on any atom is -0.350 e. The highest BCUT2D eigenvalue weighted by Gasteiger charge is 2.11. The third kappa shape index (κ3) is 3.64. The molecule has 1 aromatic rings. The first-order valence-electron chi connectivity index (χ1n) is 5.11. The summed E-state index contributed by atoms with van der Waals surface area (Å²) < 4.78 is 0. The molecule has 0 bridgehead atoms. The van der Waals surface area contributed by atoms with Crippen LogP contribution in [0.5, 0.6) is 0 Å². The van der Waals surface area contributed by atoms with Crippen LogP contribution in [0.3, 0.4) is 0 Å². The summed E-state index contributed by atoms with van der Waals surface area (Å²) in [5.41, 5.74) is 5.84. The molecule has 1 heterocycles. The number of hydrogen-bond acceptors (Lipinski definition) is 3. The SMILES string of the molecule is Cc1ccc(C(=O)NCC(N)C(C)C)s1. The van der Waals surface area contributed by atoms with Crippen molar-refractivity contribution in [3.05, 3.63) is 21.9 Å². The van der Waals surface area contributed by atoms with Crippen LogP contribution in [0, 0.1) is 12.8 Å². The summed E-state index contributed by atoms with van der Waals surface area (Å²) in [7, 11) is 0. The number of nitrogens with two attached hydrogens (primary N) is 1. The topological polar surface area (TPSA) is 55.1 Å². The minimum absolute atomic E-state index is 0.0232. The first kappa shape index (κ1) is 12.2. The van der Waals surface area contributed by atoms with Gasteiger partial charge in [-0.1, -0.05) is 13.8 Å². The molecule has 0 radical (unpaired) electrons. The Morgan fingerprint density at radius 3 is 2.67 bits per heavy atom. The van der Waals surface area contributed by atoms with E-state index < -0.39 is 0 Å². The first-order chi connectivity index (χ1) is 7.00. The number of hydrogen-bond donors (Lipinski definition) is 2. The lowest BCUT2D eigenvalue weighted by atomic mass is 10.1. The molecule has 1 unspecified atom stereocenters. The fourth-order valence-electron chi connectivity index (χ4n) is 1.09. The van der Waals surface area contributed by atoms with E-state index in [4.69, 9.17) is 5.73 Å². The first-order valence-corrected chi connectivity index (χ1v) is 5.92. The van der Waals surface area contributed by atoms with Gasteiger partial charge in [-0.05, 0) is 25.0 Å². The predicted octanol–water partition coefficient (Wildman–Crippen LogP) is 1.77. The Morgan fingerprint density at radius 2 is 2.20 bits per heavy atom. The second-order valence-corrected chi connectivity index (χ2v) is 5.32. The average molecular weight is 226 g/mol. The smallest absolute Gasteiger partial charge is 0.261 e. The van der Waals surface area contributed by atoms with Gasteiger partial charge in [0.15, 0.2) is 0 Å². The molecule has 4 heteroatoms. The molecule has 3 N–H and O–H groups in total. The highest BCUT2D eigenvalue weighted by molar-refractivity contribution is 7.13. The van der Waals surface area contributed by atoms with E-state index in [2.05, 4.69) is 5.32 Å². The van der Waals surface area contributed by atoms with Crippen molar-refractivity contribution in [3.8, 4) is 0 Å². The molecule has 0 saturated carbocycles. The maximum absolute atomic E-state index is 11.6. The van der Waals surface area contributed by atoms with Crippen molar-refractivity contribution in [1.82, 2.24) is 5.32 Å². The van der Waals surface area contributed by atoms with Gasteiger partial charge in [0.1, 0.15) is 0 Å². The Kier molecular flexibility index (Phi) is 4.29. The van der Waals surface area contributed by atoms with Crippen LogP contribution in [0.25, 0.3) is 0 Å². The third-order valence-electron chi connectivity index (χ3n) is 2.32. The van der Waals surface area contributed by atoms with Crippen LogP contribution in [0.15, 0.2) is 12.1 Å². The molecular weight excluding hydrogens is 208 g/mol. The Labute approximate surface area is 94.7 Å². The third-order valence-corrected chi connectivity index (χ3v) is 3.32. The molecule has 1 aromatic heterocycles. The van der Waals surface area contributed by atoms with Gasteiger partial charge >= 0.3 is 0 Å². The molecule has 0 aliphatic rings. The van der Waals surface area contributed by atoms with E-state index in [-0.39, 0.29) is 11.9 Å². The highest BCUT2D eigenvalue weighted by Crippen LogP contribution is 2.14. The summed E-state index contributed by atoms with van der Waals surface area (Å²) in [6.45, 7) is 6.62. The molecular formula is C11H18N2OS. The van der Waals surface area contributed by atoms with Gasteiger partial charge in [0.25, 0.3) is 5.91 Å². The Balaban J connectivity index is 2.43. The zero-order chi connectivity index (χ0) is 11.4. The molecule has 1 rings (SSSR count). The number of rotatable bonds is 4. The number of nitrogens with one attached hydrogen (secondary N) is 1. The van der Waals surface area contributed by atoms with Crippen molar-refractivity contribution >= 4 is 17.2 Å². The average Bonchev–Trinajstić information content (AvgIpc) is 2.60. The van der Waals surface area contributed by atoms with E-state index in [1.165, 1.54) is 11.3 Å². The van der Waals surface area contributed by atoms with E-state index in [1.807, 2.05) is 32.9 Å². The lowest BCUT2D eigenvalue weighted by Gasteiger charge is -2.15. The summed E-state index contributed by atoms with van der Waals surface area (Å²) in [4.78, 5) is 13.5. The van der Waals surface area contributed by atoms with Gasteiger partial charge in [-0.3, -0.25) is 4.79 Å². The summed E-state index contributed by atoms with van der Waals surface area (Å²) >= 11 is 1.50. The largest absolute Gasteiger partial charge is 0.350 e. The molecule has 1 amide bonds. The van der Waals surface area contributed by atoms with Gasteiger partial charge in [-0.2, -0.15) is 0 Å².